The molecule has 1 atom stereocenters. The van der Waals surface area contributed by atoms with Crippen molar-refractivity contribution in [2.45, 2.75) is 19.6 Å². The molecule has 1 aromatic heterocycles. The van der Waals surface area contributed by atoms with E-state index >= 15 is 0 Å². The highest BCUT2D eigenvalue weighted by Crippen LogP contribution is 2.35. The Labute approximate surface area is 132 Å². The van der Waals surface area contributed by atoms with E-state index in [1.165, 1.54) is 0 Å². The van der Waals surface area contributed by atoms with E-state index in [0.717, 1.165) is 11.3 Å². The van der Waals surface area contributed by atoms with Crippen LogP contribution in [0.4, 0.5) is 5.69 Å². The number of pyridine rings is 1. The van der Waals surface area contributed by atoms with E-state index in [-0.39, 0.29) is 5.91 Å². The Kier molecular flexibility index (Phi) is 3.74. The van der Waals surface area contributed by atoms with Gasteiger partial charge in [-0.25, -0.2) is 4.98 Å². The number of fused-ring (bicyclic) bond motifs is 1. The van der Waals surface area contributed by atoms with E-state index in [1.54, 1.807) is 24.1 Å². The second kappa shape index (κ2) is 5.54. The molecule has 0 N–H and O–H groups in total. The van der Waals surface area contributed by atoms with Crippen LogP contribution < -0.4 is 9.64 Å². The van der Waals surface area contributed by atoms with Gasteiger partial charge in [0.1, 0.15) is 10.9 Å². The van der Waals surface area contributed by atoms with Crippen LogP contribution >= 0.6 is 23.2 Å². The third-order valence-electron chi connectivity index (χ3n) is 3.30. The third-order valence-corrected chi connectivity index (χ3v) is 3.86. The van der Waals surface area contributed by atoms with Crippen molar-refractivity contribution in [3.05, 3.63) is 52.3 Å². The number of anilines is 1. The lowest BCUT2D eigenvalue weighted by molar-refractivity contribution is -0.125. The molecule has 0 aliphatic carbocycles. The zero-order valence-corrected chi connectivity index (χ0v) is 12.7. The number of ether oxygens (including phenoxy) is 1. The molecular weight excluding hydrogens is 311 g/mol. The largest absolute Gasteiger partial charge is 0.479 e. The summed E-state index contributed by atoms with van der Waals surface area (Å²) < 4.78 is 5.60. The van der Waals surface area contributed by atoms with Crippen molar-refractivity contribution in [2.24, 2.45) is 0 Å². The molecule has 108 valence electrons. The van der Waals surface area contributed by atoms with Crippen molar-refractivity contribution < 1.29 is 9.53 Å². The van der Waals surface area contributed by atoms with E-state index in [4.69, 9.17) is 27.9 Å². The number of aromatic nitrogens is 1. The maximum atomic E-state index is 12.4. The summed E-state index contributed by atoms with van der Waals surface area (Å²) in [6, 6.07) is 8.98. The minimum absolute atomic E-state index is 0.111. The molecule has 0 saturated carbocycles. The summed E-state index contributed by atoms with van der Waals surface area (Å²) in [4.78, 5) is 18.1. The molecule has 3 rings (SSSR count). The number of para-hydroxylation sites is 2. The molecular formula is C15H12Cl2N2O2. The number of hydrogen-bond acceptors (Lipinski definition) is 3. The quantitative estimate of drug-likeness (QED) is 0.792. The summed E-state index contributed by atoms with van der Waals surface area (Å²) >= 11 is 12.0. The van der Waals surface area contributed by atoms with E-state index < -0.39 is 6.10 Å². The van der Waals surface area contributed by atoms with Gasteiger partial charge in [0.25, 0.3) is 5.91 Å². The predicted octanol–water partition coefficient (Wildman–Crippen LogP) is 3.70. The van der Waals surface area contributed by atoms with E-state index in [0.29, 0.717) is 22.5 Å². The molecule has 1 aromatic carbocycles. The first-order chi connectivity index (χ1) is 10.1. The molecule has 0 radical (unpaired) electrons. The van der Waals surface area contributed by atoms with E-state index in [2.05, 4.69) is 4.98 Å². The topological polar surface area (TPSA) is 42.4 Å². The maximum Gasteiger partial charge on any atom is 0.268 e. The number of carbonyl (C=O) groups is 1. The van der Waals surface area contributed by atoms with Gasteiger partial charge in [-0.05, 0) is 25.1 Å². The molecule has 2 aromatic rings. The van der Waals surface area contributed by atoms with Crippen molar-refractivity contribution in [3.8, 4) is 5.75 Å². The number of halogens is 2. The SMILES string of the molecule is CC1Oc2ccccc2N(Cc2cnc(Cl)cc2Cl)C1=O. The van der Waals surface area contributed by atoms with Crippen molar-refractivity contribution >= 4 is 34.8 Å². The highest BCUT2D eigenvalue weighted by atomic mass is 35.5. The zero-order chi connectivity index (χ0) is 15.0. The Morgan fingerprint density at radius 3 is 2.86 bits per heavy atom. The molecule has 6 heteroatoms. The summed E-state index contributed by atoms with van der Waals surface area (Å²) in [5.41, 5.74) is 1.46. The molecule has 2 heterocycles. The minimum atomic E-state index is -0.529. The van der Waals surface area contributed by atoms with Crippen LogP contribution in [-0.2, 0) is 11.3 Å². The number of amides is 1. The minimum Gasteiger partial charge on any atom is -0.479 e. The van der Waals surface area contributed by atoms with Crippen molar-refractivity contribution in [2.75, 3.05) is 4.90 Å². The Hall–Kier alpha value is -1.78. The number of nitrogens with zero attached hydrogens (tertiary/aromatic N) is 2. The highest BCUT2D eigenvalue weighted by molar-refractivity contribution is 6.34. The Morgan fingerprint density at radius 2 is 2.10 bits per heavy atom. The van der Waals surface area contributed by atoms with Crippen molar-refractivity contribution in [3.63, 3.8) is 0 Å². The van der Waals surface area contributed by atoms with Crippen LogP contribution in [0.2, 0.25) is 10.2 Å². The van der Waals surface area contributed by atoms with Gasteiger partial charge in [0, 0.05) is 11.8 Å². The summed E-state index contributed by atoms with van der Waals surface area (Å²) in [6.07, 6.45) is 1.06. The average Bonchev–Trinajstić information content (AvgIpc) is 2.46. The lowest BCUT2D eigenvalue weighted by Gasteiger charge is -2.33. The Bertz CT molecular complexity index is 706. The number of hydrogen-bond donors (Lipinski definition) is 0. The summed E-state index contributed by atoms with van der Waals surface area (Å²) in [6.45, 7) is 2.06. The fourth-order valence-electron chi connectivity index (χ4n) is 2.24. The van der Waals surface area contributed by atoms with Gasteiger partial charge in [-0.1, -0.05) is 35.3 Å². The number of rotatable bonds is 2. The molecule has 1 amide bonds. The van der Waals surface area contributed by atoms with Crippen LogP contribution in [0.3, 0.4) is 0 Å². The monoisotopic (exact) mass is 322 g/mol. The first-order valence-corrected chi connectivity index (χ1v) is 7.19. The van der Waals surface area contributed by atoms with Gasteiger partial charge in [0.15, 0.2) is 6.10 Å². The molecule has 1 unspecified atom stereocenters. The van der Waals surface area contributed by atoms with Gasteiger partial charge in [-0.2, -0.15) is 0 Å². The standard InChI is InChI=1S/C15H12Cl2N2O2/c1-9-15(20)19(12-4-2-3-5-13(12)21-9)8-10-7-18-14(17)6-11(10)16/h2-7,9H,8H2,1H3. The van der Waals surface area contributed by atoms with Gasteiger partial charge in [0.2, 0.25) is 0 Å². The fraction of sp³-hybridized carbons (Fsp3) is 0.200. The summed E-state index contributed by atoms with van der Waals surface area (Å²) in [7, 11) is 0. The molecule has 0 saturated heterocycles. The van der Waals surface area contributed by atoms with Gasteiger partial charge in [-0.15, -0.1) is 0 Å². The smallest absolute Gasteiger partial charge is 0.268 e. The second-order valence-corrected chi connectivity index (χ2v) is 5.55. The molecule has 4 nitrogen and oxygen atoms in total. The number of carbonyl (C=O) groups excluding carboxylic acids is 1. The van der Waals surface area contributed by atoms with Crippen LogP contribution in [-0.4, -0.2) is 17.0 Å². The van der Waals surface area contributed by atoms with Crippen LogP contribution in [0.25, 0.3) is 0 Å². The Balaban J connectivity index is 1.99. The number of benzene rings is 1. The molecule has 1 aliphatic rings. The Morgan fingerprint density at radius 1 is 1.33 bits per heavy atom. The molecule has 0 bridgehead atoms. The van der Waals surface area contributed by atoms with E-state index in [9.17, 15) is 4.79 Å². The summed E-state index contributed by atoms with van der Waals surface area (Å²) in [5, 5.41) is 0.810. The van der Waals surface area contributed by atoms with Crippen molar-refractivity contribution in [1.82, 2.24) is 4.98 Å². The van der Waals surface area contributed by atoms with Crippen LogP contribution in [0.15, 0.2) is 36.5 Å². The predicted molar refractivity (Wildman–Crippen MR) is 82.0 cm³/mol. The van der Waals surface area contributed by atoms with Crippen molar-refractivity contribution in [1.29, 1.82) is 0 Å². The first kappa shape index (κ1) is 14.2. The van der Waals surface area contributed by atoms with Gasteiger partial charge in [-0.3, -0.25) is 4.79 Å². The van der Waals surface area contributed by atoms with Crippen LogP contribution in [0, 0.1) is 0 Å². The molecule has 0 fully saturated rings. The lowest BCUT2D eigenvalue weighted by Crippen LogP contribution is -2.44. The normalized spacial score (nSPS) is 17.4. The van der Waals surface area contributed by atoms with Gasteiger partial charge < -0.3 is 9.64 Å². The van der Waals surface area contributed by atoms with Gasteiger partial charge in [0.05, 0.1) is 17.3 Å². The molecule has 21 heavy (non-hydrogen) atoms. The van der Waals surface area contributed by atoms with Gasteiger partial charge >= 0.3 is 0 Å². The zero-order valence-electron chi connectivity index (χ0n) is 11.2. The van der Waals surface area contributed by atoms with Crippen LogP contribution in [0.1, 0.15) is 12.5 Å². The summed E-state index contributed by atoms with van der Waals surface area (Å²) in [5.74, 6) is 0.572. The molecule has 0 spiro atoms. The average molecular weight is 323 g/mol. The maximum absolute atomic E-state index is 12.4. The van der Waals surface area contributed by atoms with Crippen LogP contribution in [0.5, 0.6) is 5.75 Å². The second-order valence-electron chi connectivity index (χ2n) is 4.75. The highest BCUT2D eigenvalue weighted by Gasteiger charge is 2.31. The molecule has 1 aliphatic heterocycles. The fourth-order valence-corrected chi connectivity index (χ4v) is 2.67. The lowest BCUT2D eigenvalue weighted by atomic mass is 10.1. The van der Waals surface area contributed by atoms with E-state index in [1.807, 2.05) is 24.3 Å². The third kappa shape index (κ3) is 2.69. The first-order valence-electron chi connectivity index (χ1n) is 6.43.